The van der Waals surface area contributed by atoms with E-state index in [9.17, 15) is 0 Å². The van der Waals surface area contributed by atoms with Crippen molar-refractivity contribution in [3.05, 3.63) is 72.1 Å². The highest BCUT2D eigenvalue weighted by atomic mass is 32.2. The lowest BCUT2D eigenvalue weighted by Crippen LogP contribution is -2.04. The Morgan fingerprint density at radius 2 is 1.96 bits per heavy atom. The summed E-state index contributed by atoms with van der Waals surface area (Å²) >= 11 is 1.54. The predicted octanol–water partition coefficient (Wildman–Crippen LogP) is 4.02. The highest BCUT2D eigenvalue weighted by Gasteiger charge is 2.16. The minimum absolute atomic E-state index is 0.552. The van der Waals surface area contributed by atoms with Crippen molar-refractivity contribution in [3.63, 3.8) is 0 Å². The van der Waals surface area contributed by atoms with Crippen molar-refractivity contribution < 1.29 is 4.52 Å². The van der Waals surface area contributed by atoms with E-state index in [1.165, 1.54) is 17.3 Å². The summed E-state index contributed by atoms with van der Waals surface area (Å²) in [6, 6.07) is 14.1. The molecule has 0 aliphatic heterocycles. The lowest BCUT2D eigenvalue weighted by Gasteiger charge is -2.10. The Morgan fingerprint density at radius 3 is 2.75 bits per heavy atom. The molecule has 0 aliphatic rings. The maximum absolute atomic E-state index is 5.34. The summed E-state index contributed by atoms with van der Waals surface area (Å²) in [7, 11) is 0. The molecular formula is C20H20N6OS. The Morgan fingerprint density at radius 1 is 1.07 bits per heavy atom. The molecule has 0 unspecified atom stereocenters. The molecule has 4 aromatic rings. The number of pyridine rings is 1. The van der Waals surface area contributed by atoms with E-state index in [1.807, 2.05) is 30.3 Å². The van der Waals surface area contributed by atoms with Crippen LogP contribution < -0.4 is 0 Å². The summed E-state index contributed by atoms with van der Waals surface area (Å²) in [5.41, 5.74) is 2.11. The number of rotatable bonds is 8. The van der Waals surface area contributed by atoms with Gasteiger partial charge in [-0.3, -0.25) is 9.55 Å². The summed E-state index contributed by atoms with van der Waals surface area (Å²) in [4.78, 5) is 8.64. The van der Waals surface area contributed by atoms with Crippen molar-refractivity contribution in [2.45, 2.75) is 37.2 Å². The van der Waals surface area contributed by atoms with Crippen LogP contribution in [-0.4, -0.2) is 29.9 Å². The molecule has 28 heavy (non-hydrogen) atoms. The van der Waals surface area contributed by atoms with E-state index in [1.54, 1.807) is 12.4 Å². The van der Waals surface area contributed by atoms with Crippen molar-refractivity contribution in [1.29, 1.82) is 0 Å². The van der Waals surface area contributed by atoms with Gasteiger partial charge in [-0.2, -0.15) is 4.98 Å². The molecule has 3 heterocycles. The van der Waals surface area contributed by atoms with Crippen molar-refractivity contribution >= 4 is 11.8 Å². The van der Waals surface area contributed by atoms with Gasteiger partial charge in [0, 0.05) is 24.4 Å². The first kappa shape index (κ1) is 18.4. The molecule has 0 atom stereocenters. The van der Waals surface area contributed by atoms with Crippen molar-refractivity contribution in [3.8, 4) is 11.4 Å². The number of aryl methyl sites for hydroxylation is 1. The molecule has 8 heteroatoms. The molecule has 3 aromatic heterocycles. The molecule has 7 nitrogen and oxygen atoms in total. The minimum atomic E-state index is 0.552. The molecular weight excluding hydrogens is 372 g/mol. The van der Waals surface area contributed by atoms with E-state index in [0.717, 1.165) is 35.2 Å². The van der Waals surface area contributed by atoms with Gasteiger partial charge in [-0.15, -0.1) is 10.2 Å². The molecule has 0 amide bonds. The largest absolute Gasteiger partial charge is 0.338 e. The second kappa shape index (κ2) is 8.79. The fraction of sp³-hybridized carbons (Fsp3) is 0.250. The number of thioether (sulfide) groups is 1. The number of nitrogens with zero attached hydrogens (tertiary/aromatic N) is 6. The summed E-state index contributed by atoms with van der Waals surface area (Å²) in [5, 5.41) is 13.6. The third-order valence-corrected chi connectivity index (χ3v) is 5.08. The lowest BCUT2D eigenvalue weighted by atomic mass is 10.2. The molecule has 0 fully saturated rings. The van der Waals surface area contributed by atoms with E-state index in [0.29, 0.717) is 18.2 Å². The van der Waals surface area contributed by atoms with Crippen LogP contribution in [0.3, 0.4) is 0 Å². The van der Waals surface area contributed by atoms with Crippen LogP contribution in [0.25, 0.3) is 11.4 Å². The Bertz CT molecular complexity index is 1020. The average molecular weight is 392 g/mol. The minimum Gasteiger partial charge on any atom is -0.338 e. The molecule has 142 valence electrons. The van der Waals surface area contributed by atoms with E-state index >= 15 is 0 Å². The third kappa shape index (κ3) is 4.28. The van der Waals surface area contributed by atoms with E-state index < -0.39 is 0 Å². The van der Waals surface area contributed by atoms with Gasteiger partial charge >= 0.3 is 0 Å². The first-order valence-electron chi connectivity index (χ1n) is 9.15. The highest BCUT2D eigenvalue weighted by Crippen LogP contribution is 2.26. The zero-order valence-electron chi connectivity index (χ0n) is 15.5. The number of benzene rings is 1. The molecule has 0 aliphatic carbocycles. The van der Waals surface area contributed by atoms with Crippen LogP contribution in [0.15, 0.2) is 64.5 Å². The van der Waals surface area contributed by atoms with Gasteiger partial charge in [-0.05, 0) is 24.1 Å². The van der Waals surface area contributed by atoms with Gasteiger partial charge in [0.25, 0.3) is 0 Å². The zero-order chi connectivity index (χ0) is 19.2. The SMILES string of the molecule is CCCc1noc(CSc2nnc(-c3cccnc3)n2Cc2ccccc2)n1. The monoisotopic (exact) mass is 392 g/mol. The highest BCUT2D eigenvalue weighted by molar-refractivity contribution is 7.98. The fourth-order valence-corrected chi connectivity index (χ4v) is 3.59. The van der Waals surface area contributed by atoms with Crippen LogP contribution in [0.2, 0.25) is 0 Å². The van der Waals surface area contributed by atoms with Gasteiger partial charge in [-0.25, -0.2) is 0 Å². The predicted molar refractivity (Wildman–Crippen MR) is 107 cm³/mol. The first-order chi connectivity index (χ1) is 13.8. The van der Waals surface area contributed by atoms with Gasteiger partial charge in [-0.1, -0.05) is 54.2 Å². The Kier molecular flexibility index (Phi) is 5.77. The van der Waals surface area contributed by atoms with Crippen LogP contribution in [0.5, 0.6) is 0 Å². The Labute approximate surface area is 167 Å². The van der Waals surface area contributed by atoms with E-state index in [2.05, 4.69) is 48.9 Å². The molecule has 0 saturated heterocycles. The number of hydrogen-bond acceptors (Lipinski definition) is 7. The Hall–Kier alpha value is -3.00. The summed E-state index contributed by atoms with van der Waals surface area (Å²) < 4.78 is 7.44. The van der Waals surface area contributed by atoms with Crippen molar-refractivity contribution in [2.24, 2.45) is 0 Å². The molecule has 0 spiro atoms. The maximum Gasteiger partial charge on any atom is 0.237 e. The topological polar surface area (TPSA) is 82.5 Å². The smallest absolute Gasteiger partial charge is 0.237 e. The van der Waals surface area contributed by atoms with Crippen LogP contribution in [0.4, 0.5) is 0 Å². The second-order valence-electron chi connectivity index (χ2n) is 6.26. The summed E-state index contributed by atoms with van der Waals surface area (Å²) in [6.45, 7) is 2.77. The van der Waals surface area contributed by atoms with E-state index in [-0.39, 0.29) is 0 Å². The molecule has 0 bridgehead atoms. The maximum atomic E-state index is 5.34. The molecule has 0 N–H and O–H groups in total. The quantitative estimate of drug-likeness (QED) is 0.419. The second-order valence-corrected chi connectivity index (χ2v) is 7.21. The molecule has 0 saturated carbocycles. The zero-order valence-corrected chi connectivity index (χ0v) is 16.3. The van der Waals surface area contributed by atoms with Crippen molar-refractivity contribution in [1.82, 2.24) is 29.9 Å². The average Bonchev–Trinajstić information content (AvgIpc) is 3.35. The van der Waals surface area contributed by atoms with Gasteiger partial charge < -0.3 is 4.52 Å². The molecule has 0 radical (unpaired) electrons. The summed E-state index contributed by atoms with van der Waals surface area (Å²) in [5.74, 6) is 2.69. The van der Waals surface area contributed by atoms with Gasteiger partial charge in [0.15, 0.2) is 16.8 Å². The standard InChI is InChI=1S/C20H20N6OS/c1-2-7-17-22-18(27-25-17)14-28-20-24-23-19(16-10-6-11-21-12-16)26(20)13-15-8-4-3-5-9-15/h3-6,8-12H,2,7,13-14H2,1H3. The summed E-state index contributed by atoms with van der Waals surface area (Å²) in [6.07, 6.45) is 5.37. The van der Waals surface area contributed by atoms with Crippen LogP contribution in [0.1, 0.15) is 30.6 Å². The van der Waals surface area contributed by atoms with Crippen LogP contribution in [0, 0.1) is 0 Å². The van der Waals surface area contributed by atoms with Crippen molar-refractivity contribution in [2.75, 3.05) is 0 Å². The van der Waals surface area contributed by atoms with Gasteiger partial charge in [0.05, 0.1) is 12.3 Å². The molecule has 4 rings (SSSR count). The van der Waals surface area contributed by atoms with Crippen LogP contribution >= 0.6 is 11.8 Å². The van der Waals surface area contributed by atoms with Gasteiger partial charge in [0.1, 0.15) is 0 Å². The van der Waals surface area contributed by atoms with E-state index in [4.69, 9.17) is 4.52 Å². The number of aromatic nitrogens is 6. The Balaban J connectivity index is 1.59. The molecule has 1 aromatic carbocycles. The van der Waals surface area contributed by atoms with Crippen LogP contribution in [-0.2, 0) is 18.7 Å². The van der Waals surface area contributed by atoms with Gasteiger partial charge in [0.2, 0.25) is 5.89 Å². The fourth-order valence-electron chi connectivity index (χ4n) is 2.81. The number of hydrogen-bond donors (Lipinski definition) is 0. The third-order valence-electron chi connectivity index (χ3n) is 4.13. The lowest BCUT2D eigenvalue weighted by molar-refractivity contribution is 0.384. The first-order valence-corrected chi connectivity index (χ1v) is 10.1. The normalized spacial score (nSPS) is 11.0.